The number of aromatic nitrogens is 4. The van der Waals surface area contributed by atoms with E-state index in [0.29, 0.717) is 28.2 Å². The van der Waals surface area contributed by atoms with Crippen LogP contribution in [0, 0.1) is 11.3 Å². The third-order valence-electron chi connectivity index (χ3n) is 10.7. The highest BCUT2D eigenvalue weighted by Gasteiger charge is 2.53. The molecule has 1 aliphatic rings. The van der Waals surface area contributed by atoms with Crippen molar-refractivity contribution in [2.24, 2.45) is 0 Å². The minimum Gasteiger partial charge on any atom is -0.497 e. The van der Waals surface area contributed by atoms with Crippen molar-refractivity contribution in [3.63, 3.8) is 0 Å². The number of halogens is 1. The molecule has 1 aliphatic heterocycles. The molecule has 1 saturated heterocycles. The molecule has 1 amide bonds. The topological polar surface area (TPSA) is 155 Å². The predicted molar refractivity (Wildman–Crippen MR) is 237 cm³/mol. The lowest BCUT2D eigenvalue weighted by atomic mass is 9.79. The molecule has 0 aliphatic carbocycles. The maximum absolute atomic E-state index is 18.0. The molecule has 2 aromatic heterocycles. The van der Waals surface area contributed by atoms with E-state index in [1.165, 1.54) is 17.2 Å². The van der Waals surface area contributed by atoms with Crippen molar-refractivity contribution >= 4 is 31.4 Å². The Kier molecular flexibility index (Phi) is 14.7. The van der Waals surface area contributed by atoms with Gasteiger partial charge in [0.05, 0.1) is 46.3 Å². The van der Waals surface area contributed by atoms with Crippen molar-refractivity contribution in [3.05, 3.63) is 144 Å². The molecule has 0 radical (unpaired) electrons. The number of nitriles is 1. The number of hydrogen-bond acceptors (Lipinski definition) is 12. The zero-order valence-corrected chi connectivity index (χ0v) is 36.9. The standard InChI is InChI=1S/C47H51FN7O7P/c1-31(2)55(32(3)4)63(59-27-13-26-49)60-28-39-42(40(48)46(61-39)54-30-52-41-43(50-29-51-44(41)54)53-45(56)33-14-9-7-10-15-33)62-47(34-16-11-8-12-17-34,35-18-22-37(57-5)23-19-35)36-20-24-38(58-6)25-21-36/h7-12,14-25,29-32,39-40,42,46H,13,27-28H2,1-6H3,(H,50,51,53,56)/t39-,40-,42-,46-,63?/m1/s1. The average Bonchev–Trinajstić information content (AvgIpc) is 3.88. The van der Waals surface area contributed by atoms with E-state index in [9.17, 15) is 10.1 Å². The van der Waals surface area contributed by atoms with Crippen LogP contribution in [0.1, 0.15) is 67.4 Å². The number of carbonyl (C=O) groups excluding carboxylic acids is 1. The molecule has 328 valence electrons. The Balaban J connectivity index is 1.34. The molecule has 3 heterocycles. The summed E-state index contributed by atoms with van der Waals surface area (Å²) in [6, 6.07) is 35.4. The van der Waals surface area contributed by atoms with E-state index >= 15 is 4.39 Å². The highest BCUT2D eigenvalue weighted by molar-refractivity contribution is 7.44. The first-order valence-electron chi connectivity index (χ1n) is 20.7. The second-order valence-electron chi connectivity index (χ2n) is 15.3. The van der Waals surface area contributed by atoms with E-state index in [1.807, 2.05) is 113 Å². The van der Waals surface area contributed by atoms with Crippen molar-refractivity contribution in [1.29, 1.82) is 5.26 Å². The molecule has 1 unspecified atom stereocenters. The highest BCUT2D eigenvalue weighted by atomic mass is 31.2. The van der Waals surface area contributed by atoms with Crippen molar-refractivity contribution in [3.8, 4) is 17.6 Å². The van der Waals surface area contributed by atoms with Gasteiger partial charge in [-0.05, 0) is 80.8 Å². The first kappa shape index (κ1) is 45.2. The molecule has 6 aromatic rings. The van der Waals surface area contributed by atoms with Gasteiger partial charge in [-0.1, -0.05) is 72.8 Å². The number of hydrogen-bond donors (Lipinski definition) is 1. The molecule has 1 N–H and O–H groups in total. The third-order valence-corrected chi connectivity index (χ3v) is 12.7. The van der Waals surface area contributed by atoms with Gasteiger partial charge in [0.1, 0.15) is 35.6 Å². The minimum atomic E-state index is -1.84. The van der Waals surface area contributed by atoms with Crippen molar-refractivity contribution in [1.82, 2.24) is 24.2 Å². The molecule has 0 spiro atoms. The van der Waals surface area contributed by atoms with E-state index in [-0.39, 0.29) is 48.7 Å². The monoisotopic (exact) mass is 875 g/mol. The van der Waals surface area contributed by atoms with Gasteiger partial charge < -0.3 is 33.3 Å². The van der Waals surface area contributed by atoms with Gasteiger partial charge in [0, 0.05) is 17.6 Å². The van der Waals surface area contributed by atoms with Crippen LogP contribution < -0.4 is 14.8 Å². The Hall–Kier alpha value is -5.85. The molecule has 0 bridgehead atoms. The largest absolute Gasteiger partial charge is 0.497 e. The van der Waals surface area contributed by atoms with Crippen LogP contribution in [-0.4, -0.2) is 88.0 Å². The fraction of sp³-hybridized carbons (Fsp3) is 0.340. The van der Waals surface area contributed by atoms with E-state index in [0.717, 1.165) is 5.56 Å². The average molecular weight is 876 g/mol. The van der Waals surface area contributed by atoms with Crippen LogP contribution in [0.4, 0.5) is 10.2 Å². The normalized spacial score (nSPS) is 18.2. The van der Waals surface area contributed by atoms with E-state index in [2.05, 4.69) is 31.0 Å². The SMILES string of the molecule is COc1ccc(C(O[C@H]2[C@@H](F)[C@H](n3cnc4c(NC(=O)c5ccccc5)ncnc43)O[C@@H]2COP(OCCC#N)N(C(C)C)C(C)C)(c2ccccc2)c2ccc(OC)cc2)cc1. The van der Waals surface area contributed by atoms with E-state index < -0.39 is 44.6 Å². The van der Waals surface area contributed by atoms with Crippen LogP contribution in [0.25, 0.3) is 11.2 Å². The molecule has 7 rings (SSSR count). The van der Waals surface area contributed by atoms with Crippen LogP contribution in [0.5, 0.6) is 11.5 Å². The quantitative estimate of drug-likeness (QED) is 0.0469. The zero-order valence-electron chi connectivity index (χ0n) is 36.0. The predicted octanol–water partition coefficient (Wildman–Crippen LogP) is 9.00. The number of imidazole rings is 1. The number of anilines is 1. The van der Waals surface area contributed by atoms with Crippen LogP contribution in [-0.2, 0) is 24.1 Å². The van der Waals surface area contributed by atoms with Gasteiger partial charge in [0.15, 0.2) is 29.4 Å². The lowest BCUT2D eigenvalue weighted by Crippen LogP contribution is -2.44. The minimum absolute atomic E-state index is 0.0147. The van der Waals surface area contributed by atoms with Crippen LogP contribution >= 0.6 is 8.53 Å². The molecular weight excluding hydrogens is 825 g/mol. The van der Waals surface area contributed by atoms with Crippen molar-refractivity contribution in [2.75, 3.05) is 32.8 Å². The van der Waals surface area contributed by atoms with E-state index in [4.69, 9.17) is 28.0 Å². The number of carbonyl (C=O) groups is 1. The Morgan fingerprint density at radius 3 is 2.02 bits per heavy atom. The Bertz CT molecular complexity index is 2400. The third kappa shape index (κ3) is 9.72. The van der Waals surface area contributed by atoms with Gasteiger partial charge in [-0.15, -0.1) is 0 Å². The van der Waals surface area contributed by atoms with Gasteiger partial charge in [0.2, 0.25) is 0 Å². The van der Waals surface area contributed by atoms with Gasteiger partial charge in [-0.2, -0.15) is 5.26 Å². The smallest absolute Gasteiger partial charge is 0.259 e. The summed E-state index contributed by atoms with van der Waals surface area (Å²) in [4.78, 5) is 26.5. The molecule has 16 heteroatoms. The second kappa shape index (κ2) is 20.6. The lowest BCUT2D eigenvalue weighted by molar-refractivity contribution is -0.103. The van der Waals surface area contributed by atoms with Gasteiger partial charge >= 0.3 is 0 Å². The zero-order chi connectivity index (χ0) is 44.5. The summed E-state index contributed by atoms with van der Waals surface area (Å²) >= 11 is 0. The number of nitrogens with one attached hydrogen (secondary N) is 1. The molecule has 5 atom stereocenters. The van der Waals surface area contributed by atoms with Crippen LogP contribution in [0.2, 0.25) is 0 Å². The van der Waals surface area contributed by atoms with Crippen LogP contribution in [0.3, 0.4) is 0 Å². The number of alkyl halides is 1. The Labute approximate surface area is 367 Å². The summed E-state index contributed by atoms with van der Waals surface area (Å²) < 4.78 is 59.7. The first-order valence-corrected chi connectivity index (χ1v) is 21.8. The maximum Gasteiger partial charge on any atom is 0.259 e. The molecule has 0 saturated carbocycles. The number of fused-ring (bicyclic) bond motifs is 1. The summed E-state index contributed by atoms with van der Waals surface area (Å²) in [6.07, 6.45) is -2.62. The summed E-state index contributed by atoms with van der Waals surface area (Å²) in [7, 11) is 1.45. The van der Waals surface area contributed by atoms with Gasteiger partial charge in [0.25, 0.3) is 14.4 Å². The molecule has 14 nitrogen and oxygen atoms in total. The number of ether oxygens (including phenoxy) is 4. The molecule has 4 aromatic carbocycles. The van der Waals surface area contributed by atoms with Crippen LogP contribution in [0.15, 0.2) is 122 Å². The van der Waals surface area contributed by atoms with Gasteiger partial charge in [-0.3, -0.25) is 9.36 Å². The maximum atomic E-state index is 18.0. The fourth-order valence-corrected chi connectivity index (χ4v) is 9.39. The number of rotatable bonds is 19. The van der Waals surface area contributed by atoms with Gasteiger partial charge in [-0.25, -0.2) is 24.0 Å². The number of methoxy groups -OCH3 is 2. The Morgan fingerprint density at radius 2 is 1.44 bits per heavy atom. The summed E-state index contributed by atoms with van der Waals surface area (Å²) in [5, 5.41) is 12.2. The van der Waals surface area contributed by atoms with E-state index in [1.54, 1.807) is 38.5 Å². The first-order chi connectivity index (χ1) is 30.6. The fourth-order valence-electron chi connectivity index (χ4n) is 7.77. The molecule has 1 fully saturated rings. The Morgan fingerprint density at radius 1 is 0.857 bits per heavy atom. The van der Waals surface area contributed by atoms with Crippen molar-refractivity contribution in [2.45, 2.75) is 76.4 Å². The number of benzene rings is 4. The summed E-state index contributed by atoms with van der Waals surface area (Å²) in [5.74, 6) is 1.02. The lowest BCUT2D eigenvalue weighted by Gasteiger charge is -2.40. The second-order valence-corrected chi connectivity index (χ2v) is 16.8. The molecular formula is C47H51FN7O7P. The summed E-state index contributed by atoms with van der Waals surface area (Å²) in [6.45, 7) is 8.16. The number of amides is 1. The number of nitrogens with zero attached hydrogens (tertiary/aromatic N) is 6. The van der Waals surface area contributed by atoms with Crippen molar-refractivity contribution < 1.29 is 37.2 Å². The summed E-state index contributed by atoms with van der Waals surface area (Å²) in [5.41, 5.74) is 1.59. The molecule has 63 heavy (non-hydrogen) atoms. The highest BCUT2D eigenvalue weighted by Crippen LogP contribution is 2.50.